The second kappa shape index (κ2) is 6.94. The van der Waals surface area contributed by atoms with Gasteiger partial charge >= 0.3 is 0 Å². The van der Waals surface area contributed by atoms with Crippen LogP contribution in [0.15, 0.2) is 28.7 Å². The molecule has 0 saturated carbocycles. The van der Waals surface area contributed by atoms with Gasteiger partial charge < -0.3 is 5.32 Å². The Balaban J connectivity index is 1.80. The summed E-state index contributed by atoms with van der Waals surface area (Å²) >= 11 is 3.44. The number of hydrogen-bond donors (Lipinski definition) is 1. The van der Waals surface area contributed by atoms with Gasteiger partial charge in [0.05, 0.1) is 6.54 Å². The molecule has 96 valence electrons. The summed E-state index contributed by atoms with van der Waals surface area (Å²) in [5.41, 5.74) is 1.28. The summed E-state index contributed by atoms with van der Waals surface area (Å²) in [6.07, 6.45) is 0.841. The SMILES string of the molecule is CC1CNCCN1CC#CCc1ccc(Br)cc1. The van der Waals surface area contributed by atoms with E-state index < -0.39 is 0 Å². The lowest BCUT2D eigenvalue weighted by molar-refractivity contribution is 0.196. The van der Waals surface area contributed by atoms with Crippen LogP contribution >= 0.6 is 15.9 Å². The van der Waals surface area contributed by atoms with E-state index in [-0.39, 0.29) is 0 Å². The Kier molecular flexibility index (Phi) is 5.25. The molecule has 18 heavy (non-hydrogen) atoms. The monoisotopic (exact) mass is 306 g/mol. The molecule has 0 bridgehead atoms. The standard InChI is InChI=1S/C15H19BrN2/c1-13-12-17-9-11-18(13)10-3-2-4-14-5-7-15(16)8-6-14/h5-8,13,17H,4,9-12H2,1H3. The molecule has 1 atom stereocenters. The largest absolute Gasteiger partial charge is 0.314 e. The molecule has 1 aliphatic heterocycles. The highest BCUT2D eigenvalue weighted by molar-refractivity contribution is 9.10. The molecule has 3 heteroatoms. The zero-order chi connectivity index (χ0) is 12.8. The van der Waals surface area contributed by atoms with Crippen LogP contribution in [0.3, 0.4) is 0 Å². The first-order valence-corrected chi connectivity index (χ1v) is 7.20. The smallest absolute Gasteiger partial charge is 0.0604 e. The van der Waals surface area contributed by atoms with Crippen LogP contribution in [-0.4, -0.2) is 37.1 Å². The summed E-state index contributed by atoms with van der Waals surface area (Å²) in [6.45, 7) is 6.41. The van der Waals surface area contributed by atoms with Crippen molar-refractivity contribution in [3.05, 3.63) is 34.3 Å². The van der Waals surface area contributed by atoms with Gasteiger partial charge in [-0.3, -0.25) is 4.90 Å². The van der Waals surface area contributed by atoms with E-state index in [2.05, 4.69) is 69.2 Å². The van der Waals surface area contributed by atoms with Gasteiger partial charge in [-0.05, 0) is 24.6 Å². The van der Waals surface area contributed by atoms with Gasteiger partial charge in [-0.2, -0.15) is 0 Å². The van der Waals surface area contributed by atoms with Crippen molar-refractivity contribution >= 4 is 15.9 Å². The first kappa shape index (κ1) is 13.6. The number of piperazine rings is 1. The number of halogens is 1. The van der Waals surface area contributed by atoms with Crippen molar-refractivity contribution in [2.75, 3.05) is 26.2 Å². The van der Waals surface area contributed by atoms with E-state index in [1.54, 1.807) is 0 Å². The fraction of sp³-hybridized carbons (Fsp3) is 0.467. The molecule has 2 nitrogen and oxygen atoms in total. The predicted octanol–water partition coefficient (Wildman–Crippen LogP) is 2.29. The van der Waals surface area contributed by atoms with Crippen molar-refractivity contribution in [1.82, 2.24) is 10.2 Å². The Hall–Kier alpha value is -0.820. The Morgan fingerprint density at radius 1 is 1.33 bits per heavy atom. The van der Waals surface area contributed by atoms with E-state index >= 15 is 0 Å². The number of benzene rings is 1. The second-order valence-corrected chi connectivity index (χ2v) is 5.60. The molecule has 1 aliphatic rings. The number of hydrogen-bond acceptors (Lipinski definition) is 2. The summed E-state index contributed by atoms with van der Waals surface area (Å²) in [7, 11) is 0. The fourth-order valence-corrected chi connectivity index (χ4v) is 2.31. The Bertz CT molecular complexity index is 430. The molecule has 1 fully saturated rings. The number of rotatable bonds is 2. The maximum absolute atomic E-state index is 3.44. The number of nitrogens with one attached hydrogen (secondary N) is 1. The lowest BCUT2D eigenvalue weighted by Gasteiger charge is -2.32. The average molecular weight is 307 g/mol. The summed E-state index contributed by atoms with van der Waals surface area (Å²) in [5.74, 6) is 6.55. The van der Waals surface area contributed by atoms with Crippen LogP contribution in [0.2, 0.25) is 0 Å². The molecule has 0 aliphatic carbocycles. The van der Waals surface area contributed by atoms with Crippen LogP contribution in [0.5, 0.6) is 0 Å². The van der Waals surface area contributed by atoms with Crippen LogP contribution < -0.4 is 5.32 Å². The highest BCUT2D eigenvalue weighted by Crippen LogP contribution is 2.10. The third-order valence-electron chi connectivity index (χ3n) is 3.25. The van der Waals surface area contributed by atoms with E-state index in [4.69, 9.17) is 0 Å². The first-order chi connectivity index (χ1) is 8.75. The maximum atomic E-state index is 3.44. The molecular weight excluding hydrogens is 288 g/mol. The topological polar surface area (TPSA) is 15.3 Å². The van der Waals surface area contributed by atoms with Gasteiger partial charge in [0, 0.05) is 36.6 Å². The normalized spacial score (nSPS) is 20.2. The van der Waals surface area contributed by atoms with Crippen LogP contribution in [-0.2, 0) is 6.42 Å². The van der Waals surface area contributed by atoms with Gasteiger partial charge in [0.15, 0.2) is 0 Å². The van der Waals surface area contributed by atoms with E-state index in [1.165, 1.54) is 5.56 Å². The molecular formula is C15H19BrN2. The quantitative estimate of drug-likeness (QED) is 0.844. The predicted molar refractivity (Wildman–Crippen MR) is 79.5 cm³/mol. The van der Waals surface area contributed by atoms with Crippen molar-refractivity contribution < 1.29 is 0 Å². The molecule has 0 amide bonds. The molecule has 1 unspecified atom stereocenters. The third-order valence-corrected chi connectivity index (χ3v) is 3.78. The van der Waals surface area contributed by atoms with Gasteiger partial charge in [0.2, 0.25) is 0 Å². The fourth-order valence-electron chi connectivity index (χ4n) is 2.04. The lowest BCUT2D eigenvalue weighted by Crippen LogP contribution is -2.49. The van der Waals surface area contributed by atoms with Crippen molar-refractivity contribution in [3.63, 3.8) is 0 Å². The van der Waals surface area contributed by atoms with Crippen LogP contribution in [0.25, 0.3) is 0 Å². The Morgan fingerprint density at radius 2 is 2.11 bits per heavy atom. The van der Waals surface area contributed by atoms with Crippen molar-refractivity contribution in [1.29, 1.82) is 0 Å². The summed E-state index contributed by atoms with van der Waals surface area (Å²) in [5, 5.41) is 3.39. The average Bonchev–Trinajstić information content (AvgIpc) is 2.39. The lowest BCUT2D eigenvalue weighted by atomic mass is 10.1. The minimum Gasteiger partial charge on any atom is -0.314 e. The van der Waals surface area contributed by atoms with Gasteiger partial charge in [-0.15, -0.1) is 0 Å². The molecule has 1 heterocycles. The molecule has 2 rings (SSSR count). The van der Waals surface area contributed by atoms with E-state index in [0.29, 0.717) is 6.04 Å². The number of nitrogens with zero attached hydrogens (tertiary/aromatic N) is 1. The van der Waals surface area contributed by atoms with Crippen molar-refractivity contribution in [2.45, 2.75) is 19.4 Å². The molecule has 0 radical (unpaired) electrons. The Morgan fingerprint density at radius 3 is 2.83 bits per heavy atom. The van der Waals surface area contributed by atoms with Crippen molar-refractivity contribution in [2.24, 2.45) is 0 Å². The van der Waals surface area contributed by atoms with E-state index in [0.717, 1.165) is 37.1 Å². The molecule has 0 spiro atoms. The molecule has 1 saturated heterocycles. The van der Waals surface area contributed by atoms with E-state index in [9.17, 15) is 0 Å². The molecule has 1 aromatic carbocycles. The second-order valence-electron chi connectivity index (χ2n) is 4.68. The van der Waals surface area contributed by atoms with Crippen LogP contribution in [0, 0.1) is 11.8 Å². The zero-order valence-electron chi connectivity index (χ0n) is 10.7. The zero-order valence-corrected chi connectivity index (χ0v) is 12.3. The summed E-state index contributed by atoms with van der Waals surface area (Å²) < 4.78 is 1.12. The highest BCUT2D eigenvalue weighted by Gasteiger charge is 2.15. The highest BCUT2D eigenvalue weighted by atomic mass is 79.9. The third kappa shape index (κ3) is 4.13. The summed E-state index contributed by atoms with van der Waals surface area (Å²) in [6, 6.07) is 8.96. The molecule has 1 aromatic rings. The van der Waals surface area contributed by atoms with Gasteiger partial charge in [-0.1, -0.05) is 39.9 Å². The van der Waals surface area contributed by atoms with Gasteiger partial charge in [-0.25, -0.2) is 0 Å². The van der Waals surface area contributed by atoms with Crippen LogP contribution in [0.4, 0.5) is 0 Å². The Labute approximate surface area is 118 Å². The first-order valence-electron chi connectivity index (χ1n) is 6.40. The maximum Gasteiger partial charge on any atom is 0.0604 e. The van der Waals surface area contributed by atoms with Gasteiger partial charge in [0.25, 0.3) is 0 Å². The van der Waals surface area contributed by atoms with Gasteiger partial charge in [0.1, 0.15) is 0 Å². The van der Waals surface area contributed by atoms with Crippen LogP contribution in [0.1, 0.15) is 12.5 Å². The minimum atomic E-state index is 0.598. The minimum absolute atomic E-state index is 0.598. The van der Waals surface area contributed by atoms with E-state index in [1.807, 2.05) is 0 Å². The summed E-state index contributed by atoms with van der Waals surface area (Å²) in [4.78, 5) is 2.44. The molecule has 0 aromatic heterocycles. The molecule has 1 N–H and O–H groups in total. The van der Waals surface area contributed by atoms with Crippen molar-refractivity contribution in [3.8, 4) is 11.8 Å².